The Morgan fingerprint density at radius 3 is 2.92 bits per heavy atom. The van der Waals surface area contributed by atoms with E-state index in [1.165, 1.54) is 12.8 Å². The van der Waals surface area contributed by atoms with Crippen LogP contribution in [0.25, 0.3) is 11.3 Å². The third kappa shape index (κ3) is 3.39. The fourth-order valence-electron chi connectivity index (χ4n) is 3.84. The summed E-state index contributed by atoms with van der Waals surface area (Å²) in [7, 11) is 1.64. The minimum absolute atomic E-state index is 0.0216. The van der Waals surface area contributed by atoms with Gasteiger partial charge in [0.2, 0.25) is 5.91 Å². The number of carbonyl (C=O) groups excluding carboxylic acids is 1. The van der Waals surface area contributed by atoms with Gasteiger partial charge in [-0.1, -0.05) is 17.3 Å². The first kappa shape index (κ1) is 16.1. The van der Waals surface area contributed by atoms with E-state index in [1.807, 2.05) is 30.3 Å². The molecule has 0 spiro atoms. The van der Waals surface area contributed by atoms with E-state index in [0.29, 0.717) is 18.2 Å². The predicted molar refractivity (Wildman–Crippen MR) is 93.0 cm³/mol. The molecule has 25 heavy (non-hydrogen) atoms. The second kappa shape index (κ2) is 6.88. The van der Waals surface area contributed by atoms with Crippen LogP contribution in [0.2, 0.25) is 0 Å². The molecule has 0 radical (unpaired) electrons. The van der Waals surface area contributed by atoms with Gasteiger partial charge in [-0.05, 0) is 50.4 Å². The zero-order valence-electron chi connectivity index (χ0n) is 14.4. The number of benzene rings is 1. The van der Waals surface area contributed by atoms with Crippen LogP contribution in [-0.2, 0) is 11.3 Å². The minimum Gasteiger partial charge on any atom is -0.497 e. The van der Waals surface area contributed by atoms with Crippen LogP contribution in [0.5, 0.6) is 5.75 Å². The zero-order chi connectivity index (χ0) is 17.2. The van der Waals surface area contributed by atoms with E-state index in [-0.39, 0.29) is 11.9 Å². The number of ether oxygens (including phenoxy) is 1. The normalized spacial score (nSPS) is 24.9. The summed E-state index contributed by atoms with van der Waals surface area (Å²) < 4.78 is 10.6. The van der Waals surface area contributed by atoms with Gasteiger partial charge in [-0.3, -0.25) is 9.69 Å². The SMILES string of the molecule is COc1cccc(-c2cc(CNC(=O)C3CC4CCN3CC4)on2)c1. The molecule has 6 nitrogen and oxygen atoms in total. The maximum absolute atomic E-state index is 12.5. The number of nitrogens with one attached hydrogen (secondary N) is 1. The van der Waals surface area contributed by atoms with Crippen LogP contribution < -0.4 is 10.1 Å². The van der Waals surface area contributed by atoms with E-state index in [9.17, 15) is 4.79 Å². The lowest BCUT2D eigenvalue weighted by Gasteiger charge is -2.44. The number of aromatic nitrogens is 1. The van der Waals surface area contributed by atoms with Crippen molar-refractivity contribution in [3.63, 3.8) is 0 Å². The molecule has 0 saturated carbocycles. The Hall–Kier alpha value is -2.34. The molecule has 4 heterocycles. The lowest BCUT2D eigenvalue weighted by Crippen LogP contribution is -2.55. The van der Waals surface area contributed by atoms with E-state index < -0.39 is 0 Å². The molecule has 0 aliphatic carbocycles. The van der Waals surface area contributed by atoms with Crippen molar-refractivity contribution in [2.75, 3.05) is 20.2 Å². The minimum atomic E-state index is 0.0216. The van der Waals surface area contributed by atoms with Crippen molar-refractivity contribution >= 4 is 5.91 Å². The molecule has 1 aromatic heterocycles. The Kier molecular flexibility index (Phi) is 4.44. The molecule has 3 aliphatic heterocycles. The number of hydrogen-bond acceptors (Lipinski definition) is 5. The summed E-state index contributed by atoms with van der Waals surface area (Å²) in [6.45, 7) is 2.46. The Bertz CT molecular complexity index is 750. The molecule has 1 N–H and O–H groups in total. The molecule has 3 aliphatic rings. The van der Waals surface area contributed by atoms with Gasteiger partial charge in [0, 0.05) is 11.6 Å². The fraction of sp³-hybridized carbons (Fsp3) is 0.474. The topological polar surface area (TPSA) is 67.6 Å². The first-order valence-electron chi connectivity index (χ1n) is 8.84. The highest BCUT2D eigenvalue weighted by molar-refractivity contribution is 5.82. The molecule has 1 aromatic carbocycles. The molecule has 1 atom stereocenters. The number of carbonyl (C=O) groups is 1. The zero-order valence-corrected chi connectivity index (χ0v) is 14.4. The maximum atomic E-state index is 12.5. The molecule has 132 valence electrons. The molecule has 1 amide bonds. The molecular weight excluding hydrogens is 318 g/mol. The van der Waals surface area contributed by atoms with Crippen LogP contribution >= 0.6 is 0 Å². The van der Waals surface area contributed by atoms with Gasteiger partial charge >= 0.3 is 0 Å². The Balaban J connectivity index is 1.37. The van der Waals surface area contributed by atoms with Crippen molar-refractivity contribution in [2.45, 2.75) is 31.8 Å². The van der Waals surface area contributed by atoms with Crippen LogP contribution in [0.3, 0.4) is 0 Å². The van der Waals surface area contributed by atoms with Crippen molar-refractivity contribution < 1.29 is 14.1 Å². The smallest absolute Gasteiger partial charge is 0.237 e. The van der Waals surface area contributed by atoms with Crippen molar-refractivity contribution in [2.24, 2.45) is 5.92 Å². The quantitative estimate of drug-likeness (QED) is 0.905. The molecule has 1 unspecified atom stereocenters. The summed E-state index contributed by atoms with van der Waals surface area (Å²) in [6.07, 6.45) is 3.45. The molecular formula is C19H23N3O3. The van der Waals surface area contributed by atoms with Gasteiger partial charge in [0.1, 0.15) is 11.4 Å². The first-order valence-corrected chi connectivity index (χ1v) is 8.84. The lowest BCUT2D eigenvalue weighted by atomic mass is 9.83. The molecule has 2 aromatic rings. The Labute approximate surface area is 147 Å². The van der Waals surface area contributed by atoms with Crippen LogP contribution in [0.15, 0.2) is 34.9 Å². The molecule has 5 rings (SSSR count). The number of methoxy groups -OCH3 is 1. The monoisotopic (exact) mass is 341 g/mol. The van der Waals surface area contributed by atoms with Gasteiger partial charge in [0.25, 0.3) is 0 Å². The number of fused-ring (bicyclic) bond motifs is 3. The third-order valence-corrected chi connectivity index (χ3v) is 5.31. The highest BCUT2D eigenvalue weighted by Crippen LogP contribution is 2.31. The first-order chi connectivity index (χ1) is 12.2. The average Bonchev–Trinajstić information content (AvgIpc) is 3.16. The molecule has 6 heteroatoms. The Morgan fingerprint density at radius 1 is 1.36 bits per heavy atom. The van der Waals surface area contributed by atoms with Crippen LogP contribution in [0.4, 0.5) is 0 Å². The largest absolute Gasteiger partial charge is 0.497 e. The average molecular weight is 341 g/mol. The van der Waals surface area contributed by atoms with E-state index in [4.69, 9.17) is 9.26 Å². The maximum Gasteiger partial charge on any atom is 0.237 e. The van der Waals surface area contributed by atoms with Gasteiger partial charge in [-0.2, -0.15) is 0 Å². The van der Waals surface area contributed by atoms with Gasteiger partial charge < -0.3 is 14.6 Å². The summed E-state index contributed by atoms with van der Waals surface area (Å²) >= 11 is 0. The van der Waals surface area contributed by atoms with Crippen molar-refractivity contribution in [3.05, 3.63) is 36.1 Å². The number of amides is 1. The number of hydrogen-bond donors (Lipinski definition) is 1. The van der Waals surface area contributed by atoms with Crippen molar-refractivity contribution in [1.29, 1.82) is 0 Å². The number of nitrogens with zero attached hydrogens (tertiary/aromatic N) is 2. The van der Waals surface area contributed by atoms with Gasteiger partial charge in [0.15, 0.2) is 5.76 Å². The number of piperidine rings is 3. The molecule has 3 fully saturated rings. The van der Waals surface area contributed by atoms with E-state index >= 15 is 0 Å². The van der Waals surface area contributed by atoms with Crippen LogP contribution in [0, 0.1) is 5.92 Å². The fourth-order valence-corrected chi connectivity index (χ4v) is 3.84. The van der Waals surface area contributed by atoms with Crippen molar-refractivity contribution in [1.82, 2.24) is 15.4 Å². The molecule has 2 bridgehead atoms. The predicted octanol–water partition coefficient (Wildman–Crippen LogP) is 2.45. The summed E-state index contributed by atoms with van der Waals surface area (Å²) in [6, 6.07) is 9.55. The standard InChI is InChI=1S/C19H23N3O3/c1-24-15-4-2-3-14(10-15)17-11-16(25-21-17)12-20-19(23)18-9-13-5-7-22(18)8-6-13/h2-4,10-11,13,18H,5-9,12H2,1H3,(H,20,23). The van der Waals surface area contributed by atoms with Gasteiger partial charge in [-0.25, -0.2) is 0 Å². The lowest BCUT2D eigenvalue weighted by molar-refractivity contribution is -0.130. The summed E-state index contributed by atoms with van der Waals surface area (Å²) in [4.78, 5) is 14.8. The van der Waals surface area contributed by atoms with E-state index in [1.54, 1.807) is 7.11 Å². The molecule has 3 saturated heterocycles. The van der Waals surface area contributed by atoms with Crippen LogP contribution in [-0.4, -0.2) is 42.2 Å². The van der Waals surface area contributed by atoms with E-state index in [2.05, 4.69) is 15.4 Å². The number of rotatable bonds is 5. The van der Waals surface area contributed by atoms with Crippen molar-refractivity contribution in [3.8, 4) is 17.0 Å². The van der Waals surface area contributed by atoms with Crippen LogP contribution in [0.1, 0.15) is 25.0 Å². The summed E-state index contributed by atoms with van der Waals surface area (Å²) in [5, 5.41) is 7.10. The highest BCUT2D eigenvalue weighted by Gasteiger charge is 2.37. The second-order valence-electron chi connectivity index (χ2n) is 6.86. The van der Waals surface area contributed by atoms with Gasteiger partial charge in [-0.15, -0.1) is 0 Å². The highest BCUT2D eigenvalue weighted by atomic mass is 16.5. The second-order valence-corrected chi connectivity index (χ2v) is 6.86. The van der Waals surface area contributed by atoms with E-state index in [0.717, 1.165) is 36.5 Å². The summed E-state index contributed by atoms with van der Waals surface area (Å²) in [5.41, 5.74) is 1.67. The van der Waals surface area contributed by atoms with Gasteiger partial charge in [0.05, 0.1) is 19.7 Å². The third-order valence-electron chi connectivity index (χ3n) is 5.31. The Morgan fingerprint density at radius 2 is 2.20 bits per heavy atom. The summed E-state index contributed by atoms with van der Waals surface area (Å²) in [5.74, 6) is 2.24.